The highest BCUT2D eigenvalue weighted by Crippen LogP contribution is 2.29. The van der Waals surface area contributed by atoms with Crippen molar-refractivity contribution in [3.8, 4) is 5.75 Å². The van der Waals surface area contributed by atoms with Crippen molar-refractivity contribution in [2.24, 2.45) is 0 Å². The van der Waals surface area contributed by atoms with Crippen LogP contribution in [-0.2, 0) is 13.0 Å². The van der Waals surface area contributed by atoms with Crippen molar-refractivity contribution in [2.45, 2.75) is 19.9 Å². The Morgan fingerprint density at radius 2 is 1.82 bits per heavy atom. The first kappa shape index (κ1) is 18.8. The number of phenolic OH excluding ortho intramolecular Hbond substituents is 1. The summed E-state index contributed by atoms with van der Waals surface area (Å²) in [5, 5.41) is 11.7. The van der Waals surface area contributed by atoms with Crippen LogP contribution in [0.15, 0.2) is 51.7 Å². The summed E-state index contributed by atoms with van der Waals surface area (Å²) in [7, 11) is 0. The third kappa shape index (κ3) is 3.73. The first-order chi connectivity index (χ1) is 13.5. The standard InChI is InChI=1S/C22H23ClN2O3/c1-2-15-11-17-16(12-22(27)28-21(17)13-20(15)26)14-24-7-9-25(10-8-24)19-6-4-3-5-18(19)23/h3-6,11-13,26H,2,7-10,14H2,1H3. The monoisotopic (exact) mass is 398 g/mol. The Labute approximate surface area is 168 Å². The van der Waals surface area contributed by atoms with E-state index in [1.165, 1.54) is 0 Å². The van der Waals surface area contributed by atoms with E-state index in [1.807, 2.05) is 37.3 Å². The van der Waals surface area contributed by atoms with E-state index < -0.39 is 0 Å². The van der Waals surface area contributed by atoms with E-state index in [0.29, 0.717) is 12.1 Å². The van der Waals surface area contributed by atoms with Gasteiger partial charge in [0.15, 0.2) is 0 Å². The van der Waals surface area contributed by atoms with Crippen LogP contribution in [0, 0.1) is 0 Å². The maximum atomic E-state index is 12.0. The summed E-state index contributed by atoms with van der Waals surface area (Å²) < 4.78 is 5.30. The molecular weight excluding hydrogens is 376 g/mol. The van der Waals surface area contributed by atoms with Gasteiger partial charge in [-0.25, -0.2) is 4.79 Å². The molecule has 4 rings (SSSR count). The Balaban J connectivity index is 1.54. The van der Waals surface area contributed by atoms with Crippen LogP contribution in [-0.4, -0.2) is 36.2 Å². The predicted molar refractivity (Wildman–Crippen MR) is 112 cm³/mol. The number of hydrogen-bond acceptors (Lipinski definition) is 5. The van der Waals surface area contributed by atoms with Gasteiger partial charge in [0.25, 0.3) is 0 Å². The zero-order chi connectivity index (χ0) is 19.7. The smallest absolute Gasteiger partial charge is 0.336 e. The fraction of sp³-hybridized carbons (Fsp3) is 0.318. The number of rotatable bonds is 4. The molecule has 0 bridgehead atoms. The number of hydrogen-bond donors (Lipinski definition) is 1. The lowest BCUT2D eigenvalue weighted by atomic mass is 10.0. The second-order valence-electron chi connectivity index (χ2n) is 7.14. The van der Waals surface area contributed by atoms with Gasteiger partial charge in [0, 0.05) is 50.2 Å². The second-order valence-corrected chi connectivity index (χ2v) is 7.54. The molecule has 1 saturated heterocycles. The summed E-state index contributed by atoms with van der Waals surface area (Å²) in [6, 6.07) is 13.0. The molecular formula is C22H23ClN2O3. The Morgan fingerprint density at radius 1 is 1.07 bits per heavy atom. The zero-order valence-electron chi connectivity index (χ0n) is 15.8. The lowest BCUT2D eigenvalue weighted by Gasteiger charge is -2.36. The van der Waals surface area contributed by atoms with Gasteiger partial charge in [-0.15, -0.1) is 0 Å². The number of piperazine rings is 1. The fourth-order valence-electron chi connectivity index (χ4n) is 3.82. The van der Waals surface area contributed by atoms with Crippen LogP contribution >= 0.6 is 11.6 Å². The molecule has 0 aliphatic carbocycles. The van der Waals surface area contributed by atoms with E-state index in [-0.39, 0.29) is 11.4 Å². The fourth-order valence-corrected chi connectivity index (χ4v) is 4.07. The Kier molecular flexibility index (Phi) is 5.29. The summed E-state index contributed by atoms with van der Waals surface area (Å²) in [5.41, 5.74) is 2.91. The zero-order valence-corrected chi connectivity index (χ0v) is 16.6. The number of phenols is 1. The van der Waals surface area contributed by atoms with E-state index in [2.05, 4.69) is 9.80 Å². The summed E-state index contributed by atoms with van der Waals surface area (Å²) in [6.45, 7) is 6.19. The van der Waals surface area contributed by atoms with Crippen LogP contribution < -0.4 is 10.5 Å². The quantitative estimate of drug-likeness (QED) is 0.672. The average Bonchev–Trinajstić information content (AvgIpc) is 2.68. The SMILES string of the molecule is CCc1cc2c(CN3CCN(c4ccccc4Cl)CC3)cc(=O)oc2cc1O. The molecule has 0 spiro atoms. The first-order valence-corrected chi connectivity index (χ1v) is 9.93. The molecule has 0 unspecified atom stereocenters. The molecule has 0 saturated carbocycles. The van der Waals surface area contributed by atoms with Crippen LogP contribution in [0.1, 0.15) is 18.1 Å². The molecule has 1 N–H and O–H groups in total. The lowest BCUT2D eigenvalue weighted by Crippen LogP contribution is -2.46. The largest absolute Gasteiger partial charge is 0.508 e. The van der Waals surface area contributed by atoms with E-state index >= 15 is 0 Å². The van der Waals surface area contributed by atoms with Gasteiger partial charge < -0.3 is 14.4 Å². The first-order valence-electron chi connectivity index (χ1n) is 9.55. The van der Waals surface area contributed by atoms with Gasteiger partial charge in [-0.05, 0) is 35.7 Å². The number of aryl methyl sites for hydroxylation is 1. The number of anilines is 1. The molecule has 2 heterocycles. The molecule has 0 radical (unpaired) electrons. The van der Waals surface area contributed by atoms with Gasteiger partial charge in [0.05, 0.1) is 10.7 Å². The number of nitrogens with zero attached hydrogens (tertiary/aromatic N) is 2. The Morgan fingerprint density at radius 3 is 2.54 bits per heavy atom. The summed E-state index contributed by atoms with van der Waals surface area (Å²) in [5.74, 6) is 0.170. The lowest BCUT2D eigenvalue weighted by molar-refractivity contribution is 0.250. The topological polar surface area (TPSA) is 56.9 Å². The molecule has 3 aromatic rings. The van der Waals surface area contributed by atoms with Crippen molar-refractivity contribution in [3.05, 3.63) is 69.0 Å². The summed E-state index contributed by atoms with van der Waals surface area (Å²) in [4.78, 5) is 16.6. The molecule has 146 valence electrons. The third-order valence-electron chi connectivity index (χ3n) is 5.37. The van der Waals surface area contributed by atoms with Gasteiger partial charge >= 0.3 is 5.63 Å². The minimum atomic E-state index is -0.388. The average molecular weight is 399 g/mol. The molecule has 1 aliphatic rings. The Hall–Kier alpha value is -2.50. The van der Waals surface area contributed by atoms with Gasteiger partial charge in [0.1, 0.15) is 11.3 Å². The molecule has 1 fully saturated rings. The van der Waals surface area contributed by atoms with Crippen molar-refractivity contribution in [1.82, 2.24) is 4.90 Å². The van der Waals surface area contributed by atoms with Crippen LogP contribution in [0.4, 0.5) is 5.69 Å². The van der Waals surface area contributed by atoms with Gasteiger partial charge in [-0.2, -0.15) is 0 Å². The van der Waals surface area contributed by atoms with Gasteiger partial charge in [-0.3, -0.25) is 4.90 Å². The minimum absolute atomic E-state index is 0.170. The molecule has 5 nitrogen and oxygen atoms in total. The maximum Gasteiger partial charge on any atom is 0.336 e. The Bertz CT molecular complexity index is 1060. The van der Waals surface area contributed by atoms with Crippen molar-refractivity contribution >= 4 is 28.3 Å². The molecule has 28 heavy (non-hydrogen) atoms. The number of halogens is 1. The van der Waals surface area contributed by atoms with Crippen molar-refractivity contribution in [2.75, 3.05) is 31.1 Å². The molecule has 0 atom stereocenters. The maximum absolute atomic E-state index is 12.0. The van der Waals surface area contributed by atoms with E-state index in [4.69, 9.17) is 16.0 Å². The molecule has 2 aromatic carbocycles. The highest BCUT2D eigenvalue weighted by atomic mass is 35.5. The van der Waals surface area contributed by atoms with E-state index in [9.17, 15) is 9.90 Å². The van der Waals surface area contributed by atoms with Crippen molar-refractivity contribution in [3.63, 3.8) is 0 Å². The third-order valence-corrected chi connectivity index (χ3v) is 5.69. The van der Waals surface area contributed by atoms with E-state index in [0.717, 1.165) is 59.8 Å². The predicted octanol–water partition coefficient (Wildman–Crippen LogP) is 4.04. The molecule has 6 heteroatoms. The molecule has 1 aromatic heterocycles. The number of benzene rings is 2. The van der Waals surface area contributed by atoms with Crippen molar-refractivity contribution in [1.29, 1.82) is 0 Å². The van der Waals surface area contributed by atoms with Crippen LogP contribution in [0.25, 0.3) is 11.0 Å². The summed E-state index contributed by atoms with van der Waals surface area (Å²) in [6.07, 6.45) is 0.719. The molecule has 1 aliphatic heterocycles. The summed E-state index contributed by atoms with van der Waals surface area (Å²) >= 11 is 6.33. The van der Waals surface area contributed by atoms with Crippen LogP contribution in [0.3, 0.4) is 0 Å². The van der Waals surface area contributed by atoms with Gasteiger partial charge in [0.2, 0.25) is 0 Å². The van der Waals surface area contributed by atoms with E-state index in [1.54, 1.807) is 12.1 Å². The van der Waals surface area contributed by atoms with Gasteiger partial charge in [-0.1, -0.05) is 30.7 Å². The highest BCUT2D eigenvalue weighted by Gasteiger charge is 2.20. The van der Waals surface area contributed by atoms with Crippen molar-refractivity contribution < 1.29 is 9.52 Å². The number of aromatic hydroxyl groups is 1. The molecule has 0 amide bonds. The second kappa shape index (κ2) is 7.86. The minimum Gasteiger partial charge on any atom is -0.508 e. The van der Waals surface area contributed by atoms with Crippen LogP contribution in [0.2, 0.25) is 5.02 Å². The highest BCUT2D eigenvalue weighted by molar-refractivity contribution is 6.33. The van der Waals surface area contributed by atoms with Crippen LogP contribution in [0.5, 0.6) is 5.75 Å². The normalized spacial score (nSPS) is 15.3. The number of para-hydroxylation sites is 1. The number of fused-ring (bicyclic) bond motifs is 1.